The molecule has 0 bridgehead atoms. The molecule has 0 amide bonds. The highest BCUT2D eigenvalue weighted by Gasteiger charge is 2.20. The SMILES string of the molecule is CCCCCn1c(-c2cccc3nc(S)n(Cc4ccccc4)c23)nc2cc(C(=O)OC)ccc21. The van der Waals surface area contributed by atoms with Gasteiger partial charge in [-0.3, -0.25) is 0 Å². The molecular formula is C28H28N4O2S. The highest BCUT2D eigenvalue weighted by molar-refractivity contribution is 7.80. The van der Waals surface area contributed by atoms with E-state index >= 15 is 0 Å². The first-order chi connectivity index (χ1) is 17.1. The van der Waals surface area contributed by atoms with Gasteiger partial charge in [-0.25, -0.2) is 14.8 Å². The Hall–Kier alpha value is -3.58. The van der Waals surface area contributed by atoms with Crippen LogP contribution in [-0.4, -0.2) is 32.2 Å². The molecule has 0 N–H and O–H groups in total. The van der Waals surface area contributed by atoms with E-state index in [1.54, 1.807) is 0 Å². The van der Waals surface area contributed by atoms with Crippen molar-refractivity contribution in [2.75, 3.05) is 7.11 Å². The number of rotatable bonds is 8. The van der Waals surface area contributed by atoms with Crippen molar-refractivity contribution in [2.24, 2.45) is 0 Å². The van der Waals surface area contributed by atoms with Crippen LogP contribution in [-0.2, 0) is 17.8 Å². The minimum absolute atomic E-state index is 0.364. The summed E-state index contributed by atoms with van der Waals surface area (Å²) in [7, 11) is 1.39. The second-order valence-corrected chi connectivity index (χ2v) is 9.05. The zero-order chi connectivity index (χ0) is 24.4. The molecule has 2 aromatic heterocycles. The molecule has 0 unspecified atom stereocenters. The Morgan fingerprint density at radius 3 is 2.54 bits per heavy atom. The standard InChI is InChI=1S/C28H28N4O2S/c1-3-4-8-16-31-24-15-14-20(27(33)34-2)17-23(24)29-26(31)21-12-9-13-22-25(21)32(28(35)30-22)18-19-10-6-5-7-11-19/h5-7,9-15,17H,3-4,8,16,18H2,1-2H3,(H,30,35). The normalized spacial score (nSPS) is 11.4. The molecule has 0 aliphatic heterocycles. The number of carbonyl (C=O) groups excluding carboxylic acids is 1. The van der Waals surface area contributed by atoms with E-state index in [-0.39, 0.29) is 5.97 Å². The predicted octanol–water partition coefficient (Wildman–Crippen LogP) is 6.37. The van der Waals surface area contributed by atoms with Gasteiger partial charge in [0, 0.05) is 12.1 Å². The van der Waals surface area contributed by atoms with Gasteiger partial charge in [-0.2, -0.15) is 0 Å². The monoisotopic (exact) mass is 484 g/mol. The van der Waals surface area contributed by atoms with Gasteiger partial charge in [0.05, 0.1) is 41.3 Å². The smallest absolute Gasteiger partial charge is 0.337 e. The van der Waals surface area contributed by atoms with Crippen LogP contribution in [0.4, 0.5) is 0 Å². The topological polar surface area (TPSA) is 61.9 Å². The maximum atomic E-state index is 12.1. The Morgan fingerprint density at radius 1 is 0.943 bits per heavy atom. The molecule has 35 heavy (non-hydrogen) atoms. The average Bonchev–Trinajstić information content (AvgIpc) is 3.41. The summed E-state index contributed by atoms with van der Waals surface area (Å²) in [5.74, 6) is 0.503. The maximum Gasteiger partial charge on any atom is 0.337 e. The van der Waals surface area contributed by atoms with Crippen molar-refractivity contribution in [1.82, 2.24) is 19.1 Å². The molecule has 6 nitrogen and oxygen atoms in total. The van der Waals surface area contributed by atoms with E-state index in [4.69, 9.17) is 27.3 Å². The van der Waals surface area contributed by atoms with Crippen molar-refractivity contribution in [3.8, 4) is 11.4 Å². The fraction of sp³-hybridized carbons (Fsp3) is 0.250. The van der Waals surface area contributed by atoms with Crippen molar-refractivity contribution in [1.29, 1.82) is 0 Å². The molecule has 0 fully saturated rings. The van der Waals surface area contributed by atoms with Gasteiger partial charge in [0.15, 0.2) is 5.16 Å². The van der Waals surface area contributed by atoms with Crippen LogP contribution >= 0.6 is 12.6 Å². The third-order valence-corrected chi connectivity index (χ3v) is 6.67. The number of imidazole rings is 2. The van der Waals surface area contributed by atoms with Gasteiger partial charge in [0.2, 0.25) is 0 Å². The number of aromatic nitrogens is 4. The van der Waals surface area contributed by atoms with E-state index in [1.807, 2.05) is 48.5 Å². The molecule has 5 aromatic rings. The van der Waals surface area contributed by atoms with E-state index in [0.29, 0.717) is 17.3 Å². The summed E-state index contributed by atoms with van der Waals surface area (Å²) in [4.78, 5) is 21.9. The average molecular weight is 485 g/mol. The molecule has 0 aliphatic carbocycles. The summed E-state index contributed by atoms with van der Waals surface area (Å²) < 4.78 is 9.33. The van der Waals surface area contributed by atoms with Gasteiger partial charge in [-0.15, -0.1) is 12.6 Å². The van der Waals surface area contributed by atoms with Crippen LogP contribution in [0.15, 0.2) is 71.9 Å². The molecule has 0 radical (unpaired) electrons. The summed E-state index contributed by atoms with van der Waals surface area (Å²) >= 11 is 4.71. The number of thiol groups is 1. The number of esters is 1. The van der Waals surface area contributed by atoms with Gasteiger partial charge in [0.1, 0.15) is 5.82 Å². The molecule has 0 saturated carbocycles. The van der Waals surface area contributed by atoms with Gasteiger partial charge in [-0.05, 0) is 42.3 Å². The summed E-state index contributed by atoms with van der Waals surface area (Å²) in [6, 6.07) is 22.0. The lowest BCUT2D eigenvalue weighted by molar-refractivity contribution is 0.0601. The Balaban J connectivity index is 1.71. The Kier molecular flexibility index (Phi) is 6.59. The molecule has 5 rings (SSSR count). The number of ether oxygens (including phenoxy) is 1. The van der Waals surface area contributed by atoms with Gasteiger partial charge >= 0.3 is 5.97 Å². The lowest BCUT2D eigenvalue weighted by Crippen LogP contribution is -2.05. The summed E-state index contributed by atoms with van der Waals surface area (Å²) in [6.45, 7) is 3.70. The lowest BCUT2D eigenvalue weighted by atomic mass is 10.1. The lowest BCUT2D eigenvalue weighted by Gasteiger charge is -2.13. The fourth-order valence-corrected chi connectivity index (χ4v) is 4.87. The molecule has 3 aromatic carbocycles. The molecular weight excluding hydrogens is 456 g/mol. The van der Waals surface area contributed by atoms with Crippen LogP contribution in [0.5, 0.6) is 0 Å². The highest BCUT2D eigenvalue weighted by atomic mass is 32.1. The third kappa shape index (κ3) is 4.44. The van der Waals surface area contributed by atoms with Crippen LogP contribution in [0.1, 0.15) is 42.1 Å². The van der Waals surface area contributed by atoms with Gasteiger partial charge in [0.25, 0.3) is 0 Å². The van der Waals surface area contributed by atoms with Crippen LogP contribution in [0.2, 0.25) is 0 Å². The highest BCUT2D eigenvalue weighted by Crippen LogP contribution is 2.33. The number of benzene rings is 3. The number of fused-ring (bicyclic) bond motifs is 2. The van der Waals surface area contributed by atoms with E-state index < -0.39 is 0 Å². The zero-order valence-corrected chi connectivity index (χ0v) is 20.8. The van der Waals surface area contributed by atoms with Crippen LogP contribution in [0.3, 0.4) is 0 Å². The van der Waals surface area contributed by atoms with Crippen LogP contribution < -0.4 is 0 Å². The summed E-state index contributed by atoms with van der Waals surface area (Å²) in [6.07, 6.45) is 3.32. The quantitative estimate of drug-likeness (QED) is 0.158. The number of hydrogen-bond acceptors (Lipinski definition) is 5. The predicted molar refractivity (Wildman–Crippen MR) is 142 cm³/mol. The minimum Gasteiger partial charge on any atom is -0.465 e. The van der Waals surface area contributed by atoms with E-state index in [2.05, 4.69) is 34.3 Å². The molecule has 0 saturated heterocycles. The molecule has 0 atom stereocenters. The second kappa shape index (κ2) is 9.96. The van der Waals surface area contributed by atoms with E-state index in [1.165, 1.54) is 12.7 Å². The number of carbonyl (C=O) groups is 1. The first-order valence-electron chi connectivity index (χ1n) is 11.9. The summed E-state index contributed by atoms with van der Waals surface area (Å²) in [5.41, 5.74) is 6.33. The molecule has 0 spiro atoms. The largest absolute Gasteiger partial charge is 0.465 e. The minimum atomic E-state index is -0.364. The van der Waals surface area contributed by atoms with Crippen molar-refractivity contribution in [2.45, 2.75) is 44.4 Å². The Morgan fingerprint density at radius 2 is 1.77 bits per heavy atom. The third-order valence-electron chi connectivity index (χ3n) is 6.33. The second-order valence-electron chi connectivity index (χ2n) is 8.65. The molecule has 2 heterocycles. The number of para-hydroxylation sites is 1. The Bertz CT molecular complexity index is 1500. The number of methoxy groups -OCH3 is 1. The van der Waals surface area contributed by atoms with Crippen molar-refractivity contribution < 1.29 is 9.53 Å². The van der Waals surface area contributed by atoms with Crippen molar-refractivity contribution in [3.05, 3.63) is 77.9 Å². The maximum absolute atomic E-state index is 12.1. The van der Waals surface area contributed by atoms with Crippen LogP contribution in [0, 0.1) is 0 Å². The number of unbranched alkanes of at least 4 members (excludes halogenated alkanes) is 2. The van der Waals surface area contributed by atoms with Gasteiger partial charge in [-0.1, -0.05) is 56.2 Å². The van der Waals surface area contributed by atoms with E-state index in [0.717, 1.165) is 59.3 Å². The first kappa shape index (κ1) is 23.2. The number of hydrogen-bond donors (Lipinski definition) is 1. The van der Waals surface area contributed by atoms with Gasteiger partial charge < -0.3 is 13.9 Å². The summed E-state index contributed by atoms with van der Waals surface area (Å²) in [5, 5.41) is 0.665. The Labute approximate surface area is 210 Å². The first-order valence-corrected chi connectivity index (χ1v) is 12.4. The number of nitrogens with zero attached hydrogens (tertiary/aromatic N) is 4. The van der Waals surface area contributed by atoms with Crippen LogP contribution in [0.25, 0.3) is 33.5 Å². The fourth-order valence-electron chi connectivity index (χ4n) is 4.60. The van der Waals surface area contributed by atoms with Crippen molar-refractivity contribution >= 4 is 40.7 Å². The molecule has 7 heteroatoms. The zero-order valence-electron chi connectivity index (χ0n) is 19.9. The molecule has 0 aliphatic rings. The van der Waals surface area contributed by atoms with Crippen molar-refractivity contribution in [3.63, 3.8) is 0 Å². The molecule has 178 valence electrons. The number of aryl methyl sites for hydroxylation is 1. The van der Waals surface area contributed by atoms with E-state index in [9.17, 15) is 4.79 Å².